The number of esters is 1. The molecular weight excluding hydrogens is 120 g/mol. The van der Waals surface area contributed by atoms with E-state index in [0.29, 0.717) is 0 Å². The normalized spacial score (nSPS) is 24.3. The van der Waals surface area contributed by atoms with Crippen LogP contribution in [0, 0.1) is 0 Å². The summed E-state index contributed by atoms with van der Waals surface area (Å²) < 4.78 is 9.16. The van der Waals surface area contributed by atoms with Gasteiger partial charge < -0.3 is 9.47 Å². The Balaban J connectivity index is 2.20. The van der Waals surface area contributed by atoms with E-state index in [0.717, 1.165) is 6.61 Å². The molecule has 1 heterocycles. The molecule has 1 saturated heterocycles. The van der Waals surface area contributed by atoms with Gasteiger partial charge in [0.05, 0.1) is 19.8 Å². The largest absolute Gasteiger partial charge is 0.466 e. The molecule has 0 aliphatic carbocycles. The van der Waals surface area contributed by atoms with Crippen molar-refractivity contribution in [3.63, 3.8) is 0 Å². The third-order valence-corrected chi connectivity index (χ3v) is 1.01. The Bertz CT molecular complexity index is 135. The van der Waals surface area contributed by atoms with Crippen LogP contribution in [0.15, 0.2) is 12.2 Å². The van der Waals surface area contributed by atoms with Gasteiger partial charge in [0.15, 0.2) is 0 Å². The Labute approximate surface area is 53.3 Å². The summed E-state index contributed by atoms with van der Waals surface area (Å²) in [5.41, 5.74) is 0. The average Bonchev–Trinajstić information content (AvgIpc) is 2.65. The van der Waals surface area contributed by atoms with Crippen LogP contribution >= 0.6 is 0 Å². The smallest absolute Gasteiger partial charge is 0.330 e. The van der Waals surface area contributed by atoms with Crippen LogP contribution in [0.4, 0.5) is 0 Å². The van der Waals surface area contributed by atoms with E-state index in [2.05, 4.69) is 4.74 Å². The van der Waals surface area contributed by atoms with Crippen LogP contribution in [0.25, 0.3) is 0 Å². The standard InChI is InChI=1S/C6H8O3/c1-8-6(7)3-2-5-4-9-5/h2-3,5H,4H2,1H3/b3-2+/t5-/m1/s1. The first kappa shape index (κ1) is 6.29. The fourth-order valence-corrected chi connectivity index (χ4v) is 0.421. The summed E-state index contributed by atoms with van der Waals surface area (Å²) >= 11 is 0. The van der Waals surface area contributed by atoms with Crippen molar-refractivity contribution in [3.8, 4) is 0 Å². The van der Waals surface area contributed by atoms with Crippen molar-refractivity contribution in [2.24, 2.45) is 0 Å². The van der Waals surface area contributed by atoms with Gasteiger partial charge in [0, 0.05) is 6.08 Å². The summed E-state index contributed by atoms with van der Waals surface area (Å²) in [5.74, 6) is -0.328. The van der Waals surface area contributed by atoms with E-state index in [9.17, 15) is 4.79 Å². The van der Waals surface area contributed by atoms with Gasteiger partial charge in [0.2, 0.25) is 0 Å². The Hall–Kier alpha value is -0.830. The first-order valence-electron chi connectivity index (χ1n) is 2.70. The van der Waals surface area contributed by atoms with Gasteiger partial charge in [-0.15, -0.1) is 0 Å². The molecule has 0 aromatic carbocycles. The zero-order valence-electron chi connectivity index (χ0n) is 5.16. The fourth-order valence-electron chi connectivity index (χ4n) is 0.421. The van der Waals surface area contributed by atoms with Gasteiger partial charge in [-0.1, -0.05) is 0 Å². The van der Waals surface area contributed by atoms with Gasteiger partial charge in [0.1, 0.15) is 0 Å². The summed E-state index contributed by atoms with van der Waals surface area (Å²) in [6.07, 6.45) is 3.22. The third kappa shape index (κ3) is 2.28. The Kier molecular flexibility index (Phi) is 1.85. The quantitative estimate of drug-likeness (QED) is 0.301. The molecule has 0 N–H and O–H groups in total. The first-order valence-corrected chi connectivity index (χ1v) is 2.70. The molecule has 50 valence electrons. The highest BCUT2D eigenvalue weighted by molar-refractivity contribution is 5.81. The number of ether oxygens (including phenoxy) is 2. The van der Waals surface area contributed by atoms with Crippen molar-refractivity contribution >= 4 is 5.97 Å². The van der Waals surface area contributed by atoms with Crippen molar-refractivity contribution in [1.82, 2.24) is 0 Å². The van der Waals surface area contributed by atoms with Gasteiger partial charge >= 0.3 is 5.97 Å². The molecule has 1 aliphatic rings. The molecule has 0 unspecified atom stereocenters. The van der Waals surface area contributed by atoms with Crippen molar-refractivity contribution < 1.29 is 14.3 Å². The summed E-state index contributed by atoms with van der Waals surface area (Å²) in [5, 5.41) is 0. The van der Waals surface area contributed by atoms with E-state index >= 15 is 0 Å². The molecule has 0 bridgehead atoms. The summed E-state index contributed by atoms with van der Waals surface area (Å²) in [6, 6.07) is 0. The number of carbonyl (C=O) groups is 1. The number of hydrogen-bond acceptors (Lipinski definition) is 3. The monoisotopic (exact) mass is 128 g/mol. The van der Waals surface area contributed by atoms with E-state index in [4.69, 9.17) is 4.74 Å². The van der Waals surface area contributed by atoms with Crippen LogP contribution < -0.4 is 0 Å². The topological polar surface area (TPSA) is 38.8 Å². The van der Waals surface area contributed by atoms with E-state index in [-0.39, 0.29) is 12.1 Å². The molecule has 1 fully saturated rings. The maximum Gasteiger partial charge on any atom is 0.330 e. The molecular formula is C6H8O3. The zero-order valence-corrected chi connectivity index (χ0v) is 5.16. The molecule has 0 saturated carbocycles. The van der Waals surface area contributed by atoms with Crippen molar-refractivity contribution in [2.75, 3.05) is 13.7 Å². The highest BCUT2D eigenvalue weighted by Gasteiger charge is 2.18. The van der Waals surface area contributed by atoms with Crippen molar-refractivity contribution in [2.45, 2.75) is 6.10 Å². The molecule has 3 nitrogen and oxygen atoms in total. The number of rotatable bonds is 2. The first-order chi connectivity index (χ1) is 4.33. The van der Waals surface area contributed by atoms with Crippen LogP contribution in [-0.4, -0.2) is 25.8 Å². The second kappa shape index (κ2) is 2.64. The second-order valence-corrected chi connectivity index (χ2v) is 1.75. The lowest BCUT2D eigenvalue weighted by Gasteiger charge is -1.86. The van der Waals surface area contributed by atoms with E-state index in [1.54, 1.807) is 6.08 Å². The number of epoxide rings is 1. The van der Waals surface area contributed by atoms with Crippen molar-refractivity contribution in [3.05, 3.63) is 12.2 Å². The number of carbonyl (C=O) groups excluding carboxylic acids is 1. The minimum Gasteiger partial charge on any atom is -0.466 e. The minimum absolute atomic E-state index is 0.157. The molecule has 0 radical (unpaired) electrons. The molecule has 1 rings (SSSR count). The highest BCUT2D eigenvalue weighted by Crippen LogP contribution is 2.09. The van der Waals surface area contributed by atoms with E-state index < -0.39 is 0 Å². The molecule has 0 aromatic heterocycles. The van der Waals surface area contributed by atoms with Gasteiger partial charge in [-0.05, 0) is 6.08 Å². The lowest BCUT2D eigenvalue weighted by Crippen LogP contribution is -1.94. The maximum absolute atomic E-state index is 10.4. The van der Waals surface area contributed by atoms with Crippen LogP contribution in [0.3, 0.4) is 0 Å². The molecule has 1 atom stereocenters. The maximum atomic E-state index is 10.4. The van der Waals surface area contributed by atoms with E-state index in [1.807, 2.05) is 0 Å². The second-order valence-electron chi connectivity index (χ2n) is 1.75. The Morgan fingerprint density at radius 3 is 3.00 bits per heavy atom. The molecule has 0 amide bonds. The predicted molar refractivity (Wildman–Crippen MR) is 30.9 cm³/mol. The van der Waals surface area contributed by atoms with Crippen molar-refractivity contribution in [1.29, 1.82) is 0 Å². The van der Waals surface area contributed by atoms with Gasteiger partial charge in [-0.2, -0.15) is 0 Å². The Morgan fingerprint density at radius 2 is 2.56 bits per heavy atom. The Morgan fingerprint density at radius 1 is 1.89 bits per heavy atom. The van der Waals surface area contributed by atoms with Gasteiger partial charge in [-0.3, -0.25) is 0 Å². The molecule has 9 heavy (non-hydrogen) atoms. The number of methoxy groups -OCH3 is 1. The van der Waals surface area contributed by atoms with Crippen LogP contribution in [0.5, 0.6) is 0 Å². The SMILES string of the molecule is COC(=O)/C=C/[C@@H]1CO1. The summed E-state index contributed by atoms with van der Waals surface area (Å²) in [6.45, 7) is 0.730. The minimum atomic E-state index is -0.328. The zero-order chi connectivity index (χ0) is 6.69. The molecule has 0 aromatic rings. The van der Waals surface area contributed by atoms with E-state index in [1.165, 1.54) is 13.2 Å². The lowest BCUT2D eigenvalue weighted by atomic mass is 10.4. The average molecular weight is 128 g/mol. The highest BCUT2D eigenvalue weighted by atomic mass is 16.6. The number of hydrogen-bond donors (Lipinski definition) is 0. The molecule has 1 aliphatic heterocycles. The van der Waals surface area contributed by atoms with Crippen LogP contribution in [-0.2, 0) is 14.3 Å². The fraction of sp³-hybridized carbons (Fsp3) is 0.500. The van der Waals surface area contributed by atoms with Crippen LogP contribution in [0.1, 0.15) is 0 Å². The third-order valence-electron chi connectivity index (χ3n) is 1.01. The lowest BCUT2D eigenvalue weighted by molar-refractivity contribution is -0.134. The van der Waals surface area contributed by atoms with Gasteiger partial charge in [0.25, 0.3) is 0 Å². The molecule has 0 spiro atoms. The summed E-state index contributed by atoms with van der Waals surface area (Å²) in [4.78, 5) is 10.4. The summed E-state index contributed by atoms with van der Waals surface area (Å²) in [7, 11) is 1.35. The predicted octanol–water partition coefficient (Wildman–Crippen LogP) is 0.114. The van der Waals surface area contributed by atoms with Crippen LogP contribution in [0.2, 0.25) is 0 Å². The molecule has 3 heteroatoms. The van der Waals surface area contributed by atoms with Gasteiger partial charge in [-0.25, -0.2) is 4.79 Å².